The van der Waals surface area contributed by atoms with Crippen LogP contribution in [0.25, 0.3) is 10.9 Å². The number of pyridine rings is 1. The highest BCUT2D eigenvalue weighted by Gasteiger charge is 2.16. The molecule has 2 N–H and O–H groups in total. The molecule has 0 unspecified atom stereocenters. The van der Waals surface area contributed by atoms with Crippen LogP contribution >= 0.6 is 0 Å². The third kappa shape index (κ3) is 1.75. The quantitative estimate of drug-likeness (QED) is 0.728. The predicted molar refractivity (Wildman–Crippen MR) is 62.3 cm³/mol. The van der Waals surface area contributed by atoms with Gasteiger partial charge < -0.3 is 14.8 Å². The first-order chi connectivity index (χ1) is 8.04. The van der Waals surface area contributed by atoms with Crippen molar-refractivity contribution in [1.29, 1.82) is 0 Å². The van der Waals surface area contributed by atoms with Crippen LogP contribution in [0.2, 0.25) is 0 Å². The zero-order valence-electron chi connectivity index (χ0n) is 9.40. The van der Waals surface area contributed by atoms with Crippen molar-refractivity contribution in [3.63, 3.8) is 0 Å². The molecule has 1 aromatic carbocycles. The number of aromatic nitrogens is 1. The van der Waals surface area contributed by atoms with Crippen molar-refractivity contribution in [3.8, 4) is 5.75 Å². The summed E-state index contributed by atoms with van der Waals surface area (Å²) in [5.74, 6) is -0.614. The molecule has 0 fully saturated rings. The lowest BCUT2D eigenvalue weighted by Crippen LogP contribution is -2.20. The van der Waals surface area contributed by atoms with Gasteiger partial charge in [0.2, 0.25) is 0 Å². The first-order valence-electron chi connectivity index (χ1n) is 4.98. The Balaban J connectivity index is 2.85. The largest absolute Gasteiger partial charge is 0.508 e. The van der Waals surface area contributed by atoms with Crippen molar-refractivity contribution in [2.45, 2.75) is 6.92 Å². The zero-order chi connectivity index (χ0) is 12.6. The molecule has 1 aromatic heterocycles. The van der Waals surface area contributed by atoms with Crippen molar-refractivity contribution in [2.75, 3.05) is 7.11 Å². The number of carbonyl (C=O) groups is 1. The van der Waals surface area contributed by atoms with Crippen LogP contribution in [0.4, 0.5) is 0 Å². The molecule has 0 amide bonds. The SMILES string of the molecule is COC(=O)c1c(C)c2ccc(O)cc2[nH]c1=O. The molecule has 0 aliphatic carbocycles. The first kappa shape index (κ1) is 11.2. The number of aromatic hydroxyl groups is 1. The summed E-state index contributed by atoms with van der Waals surface area (Å²) < 4.78 is 4.56. The van der Waals surface area contributed by atoms with Crippen LogP contribution in [0.5, 0.6) is 5.75 Å². The lowest BCUT2D eigenvalue weighted by Gasteiger charge is -2.07. The van der Waals surface area contributed by atoms with Gasteiger partial charge in [-0.3, -0.25) is 4.79 Å². The number of aryl methyl sites for hydroxylation is 1. The molecule has 0 aliphatic heterocycles. The summed E-state index contributed by atoms with van der Waals surface area (Å²) in [6.07, 6.45) is 0. The molecule has 1 heterocycles. The first-order valence-corrected chi connectivity index (χ1v) is 4.98. The Kier molecular flexibility index (Phi) is 2.59. The fourth-order valence-electron chi connectivity index (χ4n) is 1.80. The summed E-state index contributed by atoms with van der Waals surface area (Å²) >= 11 is 0. The van der Waals surface area contributed by atoms with Crippen molar-refractivity contribution in [1.82, 2.24) is 4.98 Å². The number of H-pyrrole nitrogens is 1. The smallest absolute Gasteiger partial charge is 0.343 e. The number of benzene rings is 1. The Morgan fingerprint density at radius 1 is 1.41 bits per heavy atom. The second-order valence-corrected chi connectivity index (χ2v) is 3.68. The predicted octanol–water partition coefficient (Wildman–Crippen LogP) is 1.33. The van der Waals surface area contributed by atoms with Crippen LogP contribution in [0.1, 0.15) is 15.9 Å². The Hall–Kier alpha value is -2.30. The third-order valence-electron chi connectivity index (χ3n) is 2.65. The van der Waals surface area contributed by atoms with E-state index >= 15 is 0 Å². The van der Waals surface area contributed by atoms with Crippen molar-refractivity contribution < 1.29 is 14.6 Å². The standard InChI is InChI=1S/C12H11NO4/c1-6-8-4-3-7(14)5-9(8)13-11(15)10(6)12(16)17-2/h3-5,14H,1-2H3,(H,13,15). The molecule has 88 valence electrons. The zero-order valence-corrected chi connectivity index (χ0v) is 9.40. The van der Waals surface area contributed by atoms with E-state index in [9.17, 15) is 14.7 Å². The van der Waals surface area contributed by atoms with Gasteiger partial charge in [0.15, 0.2) is 0 Å². The number of methoxy groups -OCH3 is 1. The number of phenolic OH excluding ortho intramolecular Hbond substituents is 1. The fraction of sp³-hybridized carbons (Fsp3) is 0.167. The van der Waals surface area contributed by atoms with Crippen LogP contribution in [0, 0.1) is 6.92 Å². The van der Waals surface area contributed by atoms with Gasteiger partial charge in [-0.2, -0.15) is 0 Å². The van der Waals surface area contributed by atoms with E-state index in [2.05, 4.69) is 9.72 Å². The lowest BCUT2D eigenvalue weighted by molar-refractivity contribution is 0.0598. The number of esters is 1. The second kappa shape index (κ2) is 3.93. The van der Waals surface area contributed by atoms with Gasteiger partial charge in [-0.05, 0) is 24.6 Å². The number of ether oxygens (including phenoxy) is 1. The molecule has 17 heavy (non-hydrogen) atoms. The van der Waals surface area contributed by atoms with Gasteiger partial charge in [0.25, 0.3) is 5.56 Å². The highest BCUT2D eigenvalue weighted by molar-refractivity contribution is 5.96. The number of phenols is 1. The van der Waals surface area contributed by atoms with Crippen LogP contribution in [-0.4, -0.2) is 23.2 Å². The number of hydrogen-bond acceptors (Lipinski definition) is 4. The molecule has 0 saturated heterocycles. The van der Waals surface area contributed by atoms with Gasteiger partial charge in [0.05, 0.1) is 12.6 Å². The van der Waals surface area contributed by atoms with Gasteiger partial charge in [-0.1, -0.05) is 0 Å². The highest BCUT2D eigenvalue weighted by atomic mass is 16.5. The van der Waals surface area contributed by atoms with Crippen LogP contribution in [0.15, 0.2) is 23.0 Å². The minimum atomic E-state index is -0.668. The van der Waals surface area contributed by atoms with Crippen molar-refractivity contribution >= 4 is 16.9 Å². The molecule has 2 aromatic rings. The number of aromatic amines is 1. The van der Waals surface area contributed by atoms with E-state index in [4.69, 9.17) is 0 Å². The van der Waals surface area contributed by atoms with E-state index in [-0.39, 0.29) is 11.3 Å². The monoisotopic (exact) mass is 233 g/mol. The normalized spacial score (nSPS) is 10.5. The Morgan fingerprint density at radius 2 is 2.12 bits per heavy atom. The maximum Gasteiger partial charge on any atom is 0.343 e. The van der Waals surface area contributed by atoms with E-state index in [1.54, 1.807) is 13.0 Å². The highest BCUT2D eigenvalue weighted by Crippen LogP contribution is 2.21. The number of hydrogen-bond donors (Lipinski definition) is 2. The molecule has 0 aliphatic rings. The third-order valence-corrected chi connectivity index (χ3v) is 2.65. The molecular weight excluding hydrogens is 222 g/mol. The Labute approximate surface area is 96.7 Å². The Morgan fingerprint density at radius 3 is 2.76 bits per heavy atom. The van der Waals surface area contributed by atoms with Gasteiger partial charge in [0.1, 0.15) is 11.3 Å². The van der Waals surface area contributed by atoms with Gasteiger partial charge in [-0.15, -0.1) is 0 Å². The van der Waals surface area contributed by atoms with E-state index in [0.717, 1.165) is 0 Å². The van der Waals surface area contributed by atoms with Crippen LogP contribution in [-0.2, 0) is 4.74 Å². The lowest BCUT2D eigenvalue weighted by atomic mass is 10.0. The van der Waals surface area contributed by atoms with Crippen LogP contribution in [0.3, 0.4) is 0 Å². The molecule has 0 atom stereocenters. The Bertz CT molecular complexity index is 657. The molecular formula is C12H11NO4. The van der Waals surface area contributed by atoms with Gasteiger partial charge in [-0.25, -0.2) is 4.79 Å². The molecule has 5 nitrogen and oxygen atoms in total. The number of carbonyl (C=O) groups excluding carboxylic acids is 1. The number of nitrogens with one attached hydrogen (secondary N) is 1. The van der Waals surface area contributed by atoms with Crippen molar-refractivity contribution in [2.24, 2.45) is 0 Å². The molecule has 0 radical (unpaired) electrons. The van der Waals surface area contributed by atoms with Gasteiger partial charge in [0, 0.05) is 11.5 Å². The minimum Gasteiger partial charge on any atom is -0.508 e. The molecule has 0 spiro atoms. The summed E-state index contributed by atoms with van der Waals surface area (Å²) in [7, 11) is 1.22. The summed E-state index contributed by atoms with van der Waals surface area (Å²) in [6.45, 7) is 1.67. The van der Waals surface area contributed by atoms with Crippen molar-refractivity contribution in [3.05, 3.63) is 39.7 Å². The van der Waals surface area contributed by atoms with E-state index < -0.39 is 11.5 Å². The summed E-state index contributed by atoms with van der Waals surface area (Å²) in [4.78, 5) is 25.7. The molecule has 0 bridgehead atoms. The van der Waals surface area contributed by atoms with E-state index in [0.29, 0.717) is 16.5 Å². The maximum absolute atomic E-state index is 11.7. The van der Waals surface area contributed by atoms with E-state index in [1.165, 1.54) is 19.2 Å². The summed E-state index contributed by atoms with van der Waals surface area (Å²) in [6, 6.07) is 4.57. The fourth-order valence-corrected chi connectivity index (χ4v) is 1.80. The average molecular weight is 233 g/mol. The van der Waals surface area contributed by atoms with Gasteiger partial charge >= 0.3 is 5.97 Å². The number of rotatable bonds is 1. The van der Waals surface area contributed by atoms with E-state index in [1.807, 2.05) is 0 Å². The molecule has 2 rings (SSSR count). The topological polar surface area (TPSA) is 79.4 Å². The average Bonchev–Trinajstić information content (AvgIpc) is 2.28. The summed E-state index contributed by atoms with van der Waals surface area (Å²) in [5, 5.41) is 10.0. The molecule has 5 heteroatoms. The summed E-state index contributed by atoms with van der Waals surface area (Å²) in [5.41, 5.74) is 0.494. The minimum absolute atomic E-state index is 0.00862. The second-order valence-electron chi connectivity index (χ2n) is 3.68. The maximum atomic E-state index is 11.7. The van der Waals surface area contributed by atoms with Crippen LogP contribution < -0.4 is 5.56 Å². The molecule has 0 saturated carbocycles. The number of fused-ring (bicyclic) bond motifs is 1.